The van der Waals surface area contributed by atoms with Gasteiger partial charge in [-0.05, 0) is 88.9 Å². The lowest BCUT2D eigenvalue weighted by molar-refractivity contribution is -0.144. The van der Waals surface area contributed by atoms with Crippen LogP contribution in [-0.4, -0.2) is 90.1 Å². The fourth-order valence-corrected chi connectivity index (χ4v) is 11.4. The van der Waals surface area contributed by atoms with Gasteiger partial charge in [0.15, 0.2) is 9.84 Å². The molecule has 4 N–H and O–H groups in total. The van der Waals surface area contributed by atoms with E-state index in [0.29, 0.717) is 25.8 Å². The number of sulfone groups is 1. The van der Waals surface area contributed by atoms with E-state index in [2.05, 4.69) is 40.0 Å². The van der Waals surface area contributed by atoms with Crippen LogP contribution in [0.15, 0.2) is 24.8 Å². The maximum absolute atomic E-state index is 15.0. The predicted molar refractivity (Wildman–Crippen MR) is 207 cm³/mol. The van der Waals surface area contributed by atoms with E-state index in [1.54, 1.807) is 25.7 Å². The van der Waals surface area contributed by atoms with Crippen molar-refractivity contribution in [3.05, 3.63) is 24.8 Å². The molecule has 13 heteroatoms. The van der Waals surface area contributed by atoms with E-state index in [1.165, 1.54) is 6.08 Å². The Hall–Kier alpha value is -3.22. The topological polar surface area (TPSA) is 171 Å². The van der Waals surface area contributed by atoms with E-state index < -0.39 is 61.9 Å². The molecule has 5 aliphatic carbocycles. The highest BCUT2D eigenvalue weighted by Gasteiger charge is 2.62. The largest absolute Gasteiger partial charge is 0.346 e. The quantitative estimate of drug-likeness (QED) is 0.149. The number of allylic oxidation sites excluding steroid dienone is 1. The van der Waals surface area contributed by atoms with Crippen LogP contribution in [-0.2, 0) is 29.0 Å². The van der Waals surface area contributed by atoms with Crippen molar-refractivity contribution in [2.24, 2.45) is 29.1 Å². The number of rotatable bonds is 14. The molecule has 6 aliphatic rings. The Morgan fingerprint density at radius 1 is 0.907 bits per heavy atom. The first-order chi connectivity index (χ1) is 25.6. The highest BCUT2D eigenvalue weighted by atomic mass is 32.2. The summed E-state index contributed by atoms with van der Waals surface area (Å²) in [5.74, 6) is -2.53. The second-order valence-electron chi connectivity index (χ2n) is 18.4. The maximum Gasteiger partial charge on any atom is 0.315 e. The number of likely N-dealkylation sites (tertiary alicyclic amines) is 1. The lowest BCUT2D eigenvalue weighted by atomic mass is 9.80. The first kappa shape index (κ1) is 40.4. The Morgan fingerprint density at radius 3 is 2.17 bits per heavy atom. The molecule has 300 valence electrons. The van der Waals surface area contributed by atoms with E-state index in [1.807, 2.05) is 0 Å². The third-order valence-electron chi connectivity index (χ3n) is 13.6. The summed E-state index contributed by atoms with van der Waals surface area (Å²) < 4.78 is 26.0. The number of carbonyl (C=O) groups is 5. The number of amides is 5. The zero-order chi connectivity index (χ0) is 38.9. The molecule has 0 aromatic heterocycles. The van der Waals surface area contributed by atoms with Crippen molar-refractivity contribution in [1.29, 1.82) is 0 Å². The van der Waals surface area contributed by atoms with Gasteiger partial charge in [-0.25, -0.2) is 13.2 Å². The molecule has 5 atom stereocenters. The third kappa shape index (κ3) is 8.60. The first-order valence-electron chi connectivity index (χ1n) is 20.6. The molecule has 0 bridgehead atoms. The van der Waals surface area contributed by atoms with E-state index >= 15 is 4.79 Å². The number of urea groups is 1. The van der Waals surface area contributed by atoms with Crippen molar-refractivity contribution in [1.82, 2.24) is 26.2 Å². The number of ketones is 1. The van der Waals surface area contributed by atoms with Crippen molar-refractivity contribution < 1.29 is 32.4 Å². The summed E-state index contributed by atoms with van der Waals surface area (Å²) in [4.78, 5) is 71.5. The molecular formula is C41H63N5O7S. The molecule has 5 amide bonds. The highest BCUT2D eigenvalue weighted by Crippen LogP contribution is 2.62. The molecule has 54 heavy (non-hydrogen) atoms. The number of nitrogens with one attached hydrogen (secondary N) is 4. The number of hydrogen-bond acceptors (Lipinski definition) is 7. The van der Waals surface area contributed by atoms with Crippen molar-refractivity contribution in [2.45, 2.75) is 152 Å². The van der Waals surface area contributed by atoms with Crippen LogP contribution < -0.4 is 21.3 Å². The Kier molecular flexibility index (Phi) is 12.1. The SMILES string of the molecule is C=CCNC(=O)C(=O)C(CC1CCC1)NC(=O)[C@@H]1[C@H]2C=CC3(CC3)[C@H]2CN1C(=O)[C@@H](NC(=O)NC1(CS(=O)(=O)C(C)(C)C)CCCCC1)C1CCCCC1. The lowest BCUT2D eigenvalue weighted by Crippen LogP contribution is -2.63. The molecule has 0 aromatic carbocycles. The Bertz CT molecular complexity index is 1600. The van der Waals surface area contributed by atoms with Crippen LogP contribution in [0.3, 0.4) is 0 Å². The molecule has 1 heterocycles. The minimum Gasteiger partial charge on any atom is -0.346 e. The van der Waals surface area contributed by atoms with Crippen LogP contribution in [0.25, 0.3) is 0 Å². The standard InChI is InChI=1S/C41H63N5O7S/c1-5-23-42-36(49)34(47)31(24-27-13-12-14-27)43-35(48)33-29-17-20-40(21-22-40)30(29)25-46(33)37(50)32(28-15-8-6-9-16-28)44-38(51)45-41(18-10-7-11-19-41)26-54(52,53)39(2,3)4/h5,17,20,27-33H,1,6-16,18-19,21-26H2,2-4H3,(H,42,49)(H,43,48)(H2,44,45,51)/t29-,30-,31?,32-,33-/m0/s1. The van der Waals surface area contributed by atoms with Gasteiger partial charge in [0.2, 0.25) is 17.6 Å². The summed E-state index contributed by atoms with van der Waals surface area (Å²) in [6.45, 7) is 9.13. The summed E-state index contributed by atoms with van der Waals surface area (Å²) >= 11 is 0. The number of Topliss-reactive ketones (excluding diaryl/α,β-unsaturated/α-hetero) is 1. The minimum absolute atomic E-state index is 0.0443. The van der Waals surface area contributed by atoms with E-state index in [4.69, 9.17) is 0 Å². The molecule has 4 saturated carbocycles. The Balaban J connectivity index is 1.25. The highest BCUT2D eigenvalue weighted by molar-refractivity contribution is 7.92. The van der Waals surface area contributed by atoms with Gasteiger partial charge in [-0.3, -0.25) is 19.2 Å². The molecule has 0 aromatic rings. The van der Waals surface area contributed by atoms with Crippen LogP contribution in [0.1, 0.15) is 124 Å². The van der Waals surface area contributed by atoms with Gasteiger partial charge in [0, 0.05) is 19.0 Å². The lowest BCUT2D eigenvalue weighted by Gasteiger charge is -2.41. The van der Waals surface area contributed by atoms with Gasteiger partial charge in [0.25, 0.3) is 5.91 Å². The number of nitrogens with zero attached hydrogens (tertiary/aromatic N) is 1. The van der Waals surface area contributed by atoms with Crippen LogP contribution in [0, 0.1) is 29.1 Å². The number of hydrogen-bond donors (Lipinski definition) is 4. The summed E-state index contributed by atoms with van der Waals surface area (Å²) in [6.07, 6.45) is 19.0. The van der Waals surface area contributed by atoms with Crippen molar-refractivity contribution in [3.63, 3.8) is 0 Å². The molecule has 1 saturated heterocycles. The predicted octanol–water partition coefficient (Wildman–Crippen LogP) is 4.49. The first-order valence-corrected chi connectivity index (χ1v) is 22.3. The second kappa shape index (κ2) is 16.1. The van der Waals surface area contributed by atoms with Crippen LogP contribution in [0.5, 0.6) is 0 Å². The summed E-state index contributed by atoms with van der Waals surface area (Å²) in [6, 6.07) is -3.38. The minimum atomic E-state index is -3.56. The maximum atomic E-state index is 15.0. The van der Waals surface area contributed by atoms with Gasteiger partial charge in [-0.15, -0.1) is 6.58 Å². The number of carbonyl (C=O) groups excluding carboxylic acids is 5. The number of fused-ring (bicyclic) bond motifs is 2. The third-order valence-corrected chi connectivity index (χ3v) is 16.4. The molecule has 12 nitrogen and oxygen atoms in total. The molecular weight excluding hydrogens is 707 g/mol. The summed E-state index contributed by atoms with van der Waals surface area (Å²) in [7, 11) is -3.56. The normalized spacial score (nSPS) is 27.2. The van der Waals surface area contributed by atoms with Crippen LogP contribution >= 0.6 is 0 Å². The average molecular weight is 770 g/mol. The van der Waals surface area contributed by atoms with E-state index in [9.17, 15) is 27.6 Å². The Labute approximate surface area is 321 Å². The monoisotopic (exact) mass is 769 g/mol. The molecule has 5 fully saturated rings. The van der Waals surface area contributed by atoms with E-state index in [0.717, 1.165) is 83.5 Å². The molecule has 6 rings (SSSR count). The Morgan fingerprint density at radius 2 is 1.57 bits per heavy atom. The van der Waals surface area contributed by atoms with Crippen molar-refractivity contribution in [2.75, 3.05) is 18.8 Å². The van der Waals surface area contributed by atoms with Gasteiger partial charge in [-0.2, -0.15) is 0 Å². The fraction of sp³-hybridized carbons (Fsp3) is 0.780. The average Bonchev–Trinajstić information content (AvgIpc) is 3.68. The molecule has 1 unspecified atom stereocenters. The zero-order valence-electron chi connectivity index (χ0n) is 32.6. The van der Waals surface area contributed by atoms with Gasteiger partial charge >= 0.3 is 6.03 Å². The summed E-state index contributed by atoms with van der Waals surface area (Å²) in [5, 5.41) is 11.7. The van der Waals surface area contributed by atoms with Gasteiger partial charge in [0.1, 0.15) is 12.1 Å². The fourth-order valence-electron chi connectivity index (χ4n) is 9.85. The van der Waals surface area contributed by atoms with Crippen LogP contribution in [0.2, 0.25) is 0 Å². The molecule has 0 radical (unpaired) electrons. The summed E-state index contributed by atoms with van der Waals surface area (Å²) in [5.41, 5.74) is -0.994. The smallest absolute Gasteiger partial charge is 0.315 e. The van der Waals surface area contributed by atoms with E-state index in [-0.39, 0.29) is 47.3 Å². The molecule has 1 aliphatic heterocycles. The molecule has 1 spiro atoms. The van der Waals surface area contributed by atoms with Gasteiger partial charge in [0.05, 0.1) is 22.1 Å². The van der Waals surface area contributed by atoms with Gasteiger partial charge in [-0.1, -0.05) is 76.0 Å². The van der Waals surface area contributed by atoms with Crippen molar-refractivity contribution >= 4 is 39.4 Å². The second-order valence-corrected chi connectivity index (χ2v) is 21.1. The zero-order valence-corrected chi connectivity index (χ0v) is 33.4. The van der Waals surface area contributed by atoms with Crippen molar-refractivity contribution in [3.8, 4) is 0 Å². The van der Waals surface area contributed by atoms with Gasteiger partial charge < -0.3 is 26.2 Å². The van der Waals surface area contributed by atoms with Crippen LogP contribution in [0.4, 0.5) is 4.79 Å².